The van der Waals surface area contributed by atoms with Gasteiger partial charge in [0.25, 0.3) is 0 Å². The second-order valence-electron chi connectivity index (χ2n) is 3.25. The predicted molar refractivity (Wildman–Crippen MR) is 70.1 cm³/mol. The van der Waals surface area contributed by atoms with Gasteiger partial charge in [-0.05, 0) is 23.6 Å². The summed E-state index contributed by atoms with van der Waals surface area (Å²) in [6.45, 7) is 0. The molecule has 88 valence electrons. The van der Waals surface area contributed by atoms with E-state index in [1.807, 2.05) is 17.5 Å². The molecular weight excluding hydrogens is 257 g/mol. The van der Waals surface area contributed by atoms with Crippen LogP contribution in [0.3, 0.4) is 0 Å². The van der Waals surface area contributed by atoms with Crippen LogP contribution in [0.2, 0.25) is 0 Å². The number of nitrogens with one attached hydrogen (secondary N) is 1. The first-order chi connectivity index (χ1) is 8.25. The van der Waals surface area contributed by atoms with Crippen LogP contribution < -0.4 is 5.32 Å². The molecule has 1 N–H and O–H groups in total. The summed E-state index contributed by atoms with van der Waals surface area (Å²) in [5.41, 5.74) is 0.226. The second-order valence-corrected chi connectivity index (χ2v) is 5.47. The molecule has 0 atom stereocenters. The Morgan fingerprint density at radius 3 is 2.82 bits per heavy atom. The average molecular weight is 267 g/mol. The first kappa shape index (κ1) is 12.1. The van der Waals surface area contributed by atoms with Crippen LogP contribution in [0, 0.1) is 5.82 Å². The van der Waals surface area contributed by atoms with Crippen LogP contribution in [0.15, 0.2) is 46.0 Å². The van der Waals surface area contributed by atoms with Crippen molar-refractivity contribution >= 4 is 34.7 Å². The molecule has 0 radical (unpaired) electrons. The highest BCUT2D eigenvalue weighted by atomic mass is 32.2. The van der Waals surface area contributed by atoms with Gasteiger partial charge < -0.3 is 5.32 Å². The molecule has 0 saturated heterocycles. The molecule has 0 aliphatic carbocycles. The van der Waals surface area contributed by atoms with Crippen LogP contribution in [-0.4, -0.2) is 11.7 Å². The zero-order chi connectivity index (χ0) is 12.1. The zero-order valence-electron chi connectivity index (χ0n) is 8.85. The van der Waals surface area contributed by atoms with E-state index in [9.17, 15) is 9.18 Å². The van der Waals surface area contributed by atoms with E-state index in [-0.39, 0.29) is 17.3 Å². The number of amides is 1. The Hall–Kier alpha value is -1.33. The number of rotatable bonds is 4. The largest absolute Gasteiger partial charge is 0.323 e. The van der Waals surface area contributed by atoms with Crippen molar-refractivity contribution in [2.24, 2.45) is 0 Å². The third kappa shape index (κ3) is 3.57. The summed E-state index contributed by atoms with van der Waals surface area (Å²) in [6.07, 6.45) is 0. The summed E-state index contributed by atoms with van der Waals surface area (Å²) in [7, 11) is 0. The zero-order valence-corrected chi connectivity index (χ0v) is 10.5. The SMILES string of the molecule is O=C(CSc1cccs1)Nc1ccccc1F. The highest BCUT2D eigenvalue weighted by Crippen LogP contribution is 2.23. The van der Waals surface area contributed by atoms with Gasteiger partial charge in [-0.2, -0.15) is 0 Å². The van der Waals surface area contributed by atoms with Crippen LogP contribution in [0.1, 0.15) is 0 Å². The number of thiophene rings is 1. The number of hydrogen-bond donors (Lipinski definition) is 1. The maximum atomic E-state index is 13.2. The lowest BCUT2D eigenvalue weighted by molar-refractivity contribution is -0.113. The lowest BCUT2D eigenvalue weighted by Gasteiger charge is -2.05. The molecule has 1 aromatic heterocycles. The standard InChI is InChI=1S/C12H10FNOS2/c13-9-4-1-2-5-10(9)14-11(15)8-17-12-6-3-7-16-12/h1-7H,8H2,(H,14,15). The van der Waals surface area contributed by atoms with Gasteiger partial charge in [0.2, 0.25) is 5.91 Å². The van der Waals surface area contributed by atoms with Crippen molar-refractivity contribution in [3.8, 4) is 0 Å². The predicted octanol–water partition coefficient (Wildman–Crippen LogP) is 3.62. The van der Waals surface area contributed by atoms with Crippen molar-refractivity contribution in [2.45, 2.75) is 4.21 Å². The third-order valence-electron chi connectivity index (χ3n) is 1.99. The molecule has 2 rings (SSSR count). The van der Waals surface area contributed by atoms with Gasteiger partial charge >= 0.3 is 0 Å². The van der Waals surface area contributed by atoms with Crippen LogP contribution in [0.25, 0.3) is 0 Å². The van der Waals surface area contributed by atoms with E-state index < -0.39 is 5.82 Å². The molecule has 17 heavy (non-hydrogen) atoms. The summed E-state index contributed by atoms with van der Waals surface area (Å²) in [5, 5.41) is 4.50. The molecule has 1 heterocycles. The molecule has 0 unspecified atom stereocenters. The van der Waals surface area contributed by atoms with Gasteiger partial charge in [-0.15, -0.1) is 23.1 Å². The van der Waals surface area contributed by atoms with Gasteiger partial charge in [-0.25, -0.2) is 4.39 Å². The lowest BCUT2D eigenvalue weighted by atomic mass is 10.3. The molecular formula is C12H10FNOS2. The molecule has 5 heteroatoms. The second kappa shape index (κ2) is 5.84. The Labute approximate surface area is 107 Å². The average Bonchev–Trinajstić information content (AvgIpc) is 2.82. The smallest absolute Gasteiger partial charge is 0.234 e. The molecule has 0 aliphatic heterocycles. The van der Waals surface area contributed by atoms with Gasteiger partial charge in [0.15, 0.2) is 0 Å². The Bertz CT molecular complexity index is 499. The number of halogens is 1. The highest BCUT2D eigenvalue weighted by molar-refractivity contribution is 8.01. The molecule has 1 aromatic carbocycles. The summed E-state index contributed by atoms with van der Waals surface area (Å²) in [5.74, 6) is -0.329. The molecule has 0 saturated carbocycles. The van der Waals surface area contributed by atoms with Crippen molar-refractivity contribution in [1.82, 2.24) is 0 Å². The summed E-state index contributed by atoms with van der Waals surface area (Å²) in [4.78, 5) is 11.6. The fourth-order valence-corrected chi connectivity index (χ4v) is 2.82. The van der Waals surface area contributed by atoms with Crippen molar-refractivity contribution in [2.75, 3.05) is 11.1 Å². The van der Waals surface area contributed by atoms with E-state index in [4.69, 9.17) is 0 Å². The third-order valence-corrected chi connectivity index (χ3v) is 4.12. The number of hydrogen-bond acceptors (Lipinski definition) is 3. The van der Waals surface area contributed by atoms with Crippen molar-refractivity contribution in [3.63, 3.8) is 0 Å². The van der Waals surface area contributed by atoms with E-state index in [2.05, 4.69) is 5.32 Å². The summed E-state index contributed by atoms with van der Waals surface area (Å²) in [6, 6.07) is 10.0. The van der Waals surface area contributed by atoms with Gasteiger partial charge in [-0.3, -0.25) is 4.79 Å². The summed E-state index contributed by atoms with van der Waals surface area (Å²) < 4.78 is 14.3. The minimum atomic E-state index is -0.415. The van der Waals surface area contributed by atoms with Crippen LogP contribution in [0.4, 0.5) is 10.1 Å². The number of carbonyl (C=O) groups is 1. The van der Waals surface area contributed by atoms with E-state index in [0.29, 0.717) is 0 Å². The van der Waals surface area contributed by atoms with Gasteiger partial charge in [0.05, 0.1) is 15.6 Å². The maximum Gasteiger partial charge on any atom is 0.234 e. The Morgan fingerprint density at radius 1 is 1.29 bits per heavy atom. The molecule has 1 amide bonds. The van der Waals surface area contributed by atoms with Gasteiger partial charge in [0, 0.05) is 0 Å². The van der Waals surface area contributed by atoms with Crippen molar-refractivity contribution in [3.05, 3.63) is 47.6 Å². The minimum Gasteiger partial charge on any atom is -0.323 e. The monoisotopic (exact) mass is 267 g/mol. The number of para-hydroxylation sites is 1. The van der Waals surface area contributed by atoms with Crippen molar-refractivity contribution in [1.29, 1.82) is 0 Å². The van der Waals surface area contributed by atoms with Crippen LogP contribution >= 0.6 is 23.1 Å². The van der Waals surface area contributed by atoms with Gasteiger partial charge in [0.1, 0.15) is 5.82 Å². The highest BCUT2D eigenvalue weighted by Gasteiger charge is 2.06. The van der Waals surface area contributed by atoms with E-state index in [1.165, 1.54) is 17.8 Å². The van der Waals surface area contributed by atoms with Gasteiger partial charge in [-0.1, -0.05) is 18.2 Å². The molecule has 2 aromatic rings. The first-order valence-corrected chi connectivity index (χ1v) is 6.83. The number of thioether (sulfide) groups is 1. The molecule has 2 nitrogen and oxygen atoms in total. The topological polar surface area (TPSA) is 29.1 Å². The Morgan fingerprint density at radius 2 is 2.12 bits per heavy atom. The van der Waals surface area contributed by atoms with Crippen LogP contribution in [0.5, 0.6) is 0 Å². The normalized spacial score (nSPS) is 10.2. The number of anilines is 1. The lowest BCUT2D eigenvalue weighted by Crippen LogP contribution is -2.14. The fourth-order valence-electron chi connectivity index (χ4n) is 1.23. The van der Waals surface area contributed by atoms with E-state index in [1.54, 1.807) is 29.5 Å². The Balaban J connectivity index is 1.87. The fraction of sp³-hybridized carbons (Fsp3) is 0.0833. The molecule has 0 aliphatic rings. The number of carbonyl (C=O) groups excluding carboxylic acids is 1. The van der Waals surface area contributed by atoms with Crippen molar-refractivity contribution < 1.29 is 9.18 Å². The maximum absolute atomic E-state index is 13.2. The summed E-state index contributed by atoms with van der Waals surface area (Å²) >= 11 is 3.03. The first-order valence-electron chi connectivity index (χ1n) is 4.96. The molecule has 0 fully saturated rings. The number of benzene rings is 1. The molecule has 0 spiro atoms. The van der Waals surface area contributed by atoms with Crippen LogP contribution in [-0.2, 0) is 4.79 Å². The molecule has 0 bridgehead atoms. The van der Waals surface area contributed by atoms with E-state index in [0.717, 1.165) is 4.21 Å². The minimum absolute atomic E-state index is 0.200. The quantitative estimate of drug-likeness (QED) is 0.857. The Kier molecular flexibility index (Phi) is 4.17. The van der Waals surface area contributed by atoms with E-state index >= 15 is 0 Å².